The van der Waals surface area contributed by atoms with Crippen molar-refractivity contribution in [2.24, 2.45) is 5.92 Å². The van der Waals surface area contributed by atoms with E-state index in [9.17, 15) is 4.79 Å². The number of rotatable bonds is 4. The molecular weight excluding hydrogens is 266 g/mol. The highest BCUT2D eigenvalue weighted by atomic mass is 16.5. The Hall–Kier alpha value is -1.75. The maximum atomic E-state index is 12.5. The Morgan fingerprint density at radius 3 is 2.57 bits per heavy atom. The summed E-state index contributed by atoms with van der Waals surface area (Å²) < 4.78 is 5.12. The highest BCUT2D eigenvalue weighted by molar-refractivity contribution is 5.95. The van der Waals surface area contributed by atoms with Crippen LogP contribution < -0.4 is 10.5 Å². The number of hydrogen-bond donors (Lipinski definition) is 1. The fourth-order valence-corrected chi connectivity index (χ4v) is 2.88. The molecule has 0 aliphatic carbocycles. The molecule has 5 nitrogen and oxygen atoms in total. The van der Waals surface area contributed by atoms with Gasteiger partial charge in [0.05, 0.1) is 12.8 Å². The second-order valence-corrected chi connectivity index (χ2v) is 5.95. The molecule has 1 aromatic rings. The number of carbonyl (C=O) groups excluding carboxylic acids is 1. The van der Waals surface area contributed by atoms with Crippen LogP contribution in [0.4, 0.5) is 5.69 Å². The van der Waals surface area contributed by atoms with E-state index in [1.165, 1.54) is 0 Å². The third-order valence-electron chi connectivity index (χ3n) is 4.00. The van der Waals surface area contributed by atoms with Crippen molar-refractivity contribution in [3.05, 3.63) is 23.8 Å². The fraction of sp³-hybridized carbons (Fsp3) is 0.562. The summed E-state index contributed by atoms with van der Waals surface area (Å²) in [6.45, 7) is 2.74. The minimum Gasteiger partial charge on any atom is -0.495 e. The van der Waals surface area contributed by atoms with Crippen molar-refractivity contribution in [2.75, 3.05) is 46.6 Å². The molecule has 1 amide bonds. The molecule has 21 heavy (non-hydrogen) atoms. The third-order valence-corrected chi connectivity index (χ3v) is 4.00. The van der Waals surface area contributed by atoms with Gasteiger partial charge >= 0.3 is 0 Å². The number of hydrogen-bond acceptors (Lipinski definition) is 4. The molecule has 0 bridgehead atoms. The highest BCUT2D eigenvalue weighted by Crippen LogP contribution is 2.24. The minimum absolute atomic E-state index is 0.0626. The van der Waals surface area contributed by atoms with Crippen LogP contribution in [0.25, 0.3) is 0 Å². The van der Waals surface area contributed by atoms with Gasteiger partial charge in [0.15, 0.2) is 0 Å². The number of nitrogens with zero attached hydrogens (tertiary/aromatic N) is 2. The summed E-state index contributed by atoms with van der Waals surface area (Å²) >= 11 is 0. The van der Waals surface area contributed by atoms with Crippen LogP contribution in [0.1, 0.15) is 23.2 Å². The van der Waals surface area contributed by atoms with Crippen LogP contribution in [0.5, 0.6) is 5.75 Å². The first-order valence-corrected chi connectivity index (χ1v) is 7.38. The molecule has 0 atom stereocenters. The summed E-state index contributed by atoms with van der Waals surface area (Å²) in [5, 5.41) is 0. The van der Waals surface area contributed by atoms with E-state index in [-0.39, 0.29) is 5.91 Å². The largest absolute Gasteiger partial charge is 0.495 e. The van der Waals surface area contributed by atoms with E-state index < -0.39 is 0 Å². The smallest absolute Gasteiger partial charge is 0.253 e. The summed E-state index contributed by atoms with van der Waals surface area (Å²) in [5.41, 5.74) is 7.02. The molecule has 2 N–H and O–H groups in total. The zero-order valence-electron chi connectivity index (χ0n) is 13.1. The van der Waals surface area contributed by atoms with Crippen LogP contribution >= 0.6 is 0 Å². The molecule has 0 radical (unpaired) electrons. The number of nitrogen functional groups attached to an aromatic ring is 1. The lowest BCUT2D eigenvalue weighted by Gasteiger charge is -2.33. The second kappa shape index (κ2) is 6.80. The van der Waals surface area contributed by atoms with Gasteiger partial charge in [-0.2, -0.15) is 0 Å². The molecule has 1 aliphatic rings. The van der Waals surface area contributed by atoms with Gasteiger partial charge in [0.25, 0.3) is 5.91 Å². The SMILES string of the molecule is COc1ccc(C(=O)N2CCC(CN(C)C)CC2)cc1N. The molecule has 1 heterocycles. The number of methoxy groups -OCH3 is 1. The quantitative estimate of drug-likeness (QED) is 0.858. The standard InChI is InChI=1S/C16H25N3O2/c1-18(2)11-12-6-8-19(9-7-12)16(20)13-4-5-15(21-3)14(17)10-13/h4-5,10,12H,6-9,11,17H2,1-3H3. The lowest BCUT2D eigenvalue weighted by molar-refractivity contribution is 0.0678. The van der Waals surface area contributed by atoms with Gasteiger partial charge in [-0.15, -0.1) is 0 Å². The number of nitrogens with two attached hydrogens (primary N) is 1. The van der Waals surface area contributed by atoms with Crippen molar-refractivity contribution in [3.8, 4) is 5.75 Å². The van der Waals surface area contributed by atoms with Gasteiger partial charge in [-0.05, 0) is 51.1 Å². The topological polar surface area (TPSA) is 58.8 Å². The first-order valence-electron chi connectivity index (χ1n) is 7.38. The average Bonchev–Trinajstić information content (AvgIpc) is 2.46. The number of carbonyl (C=O) groups is 1. The summed E-state index contributed by atoms with van der Waals surface area (Å²) in [4.78, 5) is 16.6. The van der Waals surface area contributed by atoms with E-state index in [1.54, 1.807) is 25.3 Å². The molecule has 0 spiro atoms. The van der Waals surface area contributed by atoms with E-state index >= 15 is 0 Å². The number of likely N-dealkylation sites (tertiary alicyclic amines) is 1. The molecule has 116 valence electrons. The van der Waals surface area contributed by atoms with E-state index in [0.29, 0.717) is 22.9 Å². The van der Waals surface area contributed by atoms with Gasteiger partial charge in [0.1, 0.15) is 5.75 Å². The zero-order valence-corrected chi connectivity index (χ0v) is 13.1. The zero-order chi connectivity index (χ0) is 15.4. The lowest BCUT2D eigenvalue weighted by Crippen LogP contribution is -2.40. The minimum atomic E-state index is 0.0626. The molecule has 0 aromatic heterocycles. The van der Waals surface area contributed by atoms with Crippen molar-refractivity contribution in [2.45, 2.75) is 12.8 Å². The van der Waals surface area contributed by atoms with Gasteiger partial charge in [0.2, 0.25) is 0 Å². The van der Waals surface area contributed by atoms with E-state index in [1.807, 2.05) is 4.90 Å². The summed E-state index contributed by atoms with van der Waals surface area (Å²) in [7, 11) is 5.76. The first-order chi connectivity index (χ1) is 10.0. The Labute approximate surface area is 126 Å². The first kappa shape index (κ1) is 15.6. The Morgan fingerprint density at radius 1 is 1.38 bits per heavy atom. The molecule has 1 aromatic carbocycles. The highest BCUT2D eigenvalue weighted by Gasteiger charge is 2.24. The molecular formula is C16H25N3O2. The Kier molecular flexibility index (Phi) is 5.07. The van der Waals surface area contributed by atoms with Crippen molar-refractivity contribution in [3.63, 3.8) is 0 Å². The molecule has 0 unspecified atom stereocenters. The lowest BCUT2D eigenvalue weighted by atomic mass is 9.96. The van der Waals surface area contributed by atoms with Gasteiger partial charge in [-0.1, -0.05) is 0 Å². The van der Waals surface area contributed by atoms with Crippen molar-refractivity contribution >= 4 is 11.6 Å². The maximum Gasteiger partial charge on any atom is 0.253 e. The Bertz CT molecular complexity index is 494. The van der Waals surface area contributed by atoms with Crippen LogP contribution in [0.15, 0.2) is 18.2 Å². The summed E-state index contributed by atoms with van der Waals surface area (Å²) in [6.07, 6.45) is 2.13. The average molecular weight is 291 g/mol. The van der Waals surface area contributed by atoms with Crippen LogP contribution in [-0.2, 0) is 0 Å². The number of anilines is 1. The van der Waals surface area contributed by atoms with Crippen molar-refractivity contribution in [1.82, 2.24) is 9.80 Å². The monoisotopic (exact) mass is 291 g/mol. The van der Waals surface area contributed by atoms with Gasteiger partial charge in [-0.25, -0.2) is 0 Å². The third kappa shape index (κ3) is 3.88. The van der Waals surface area contributed by atoms with Crippen LogP contribution in [0.2, 0.25) is 0 Å². The molecule has 1 fully saturated rings. The Morgan fingerprint density at radius 2 is 2.05 bits per heavy atom. The number of benzene rings is 1. The molecule has 1 saturated heterocycles. The van der Waals surface area contributed by atoms with Gasteiger partial charge in [-0.3, -0.25) is 4.79 Å². The second-order valence-electron chi connectivity index (χ2n) is 5.95. The van der Waals surface area contributed by atoms with E-state index in [2.05, 4.69) is 19.0 Å². The normalized spacial score (nSPS) is 16.3. The number of piperidine rings is 1. The van der Waals surface area contributed by atoms with Gasteiger partial charge < -0.3 is 20.3 Å². The molecule has 5 heteroatoms. The van der Waals surface area contributed by atoms with E-state index in [4.69, 9.17) is 10.5 Å². The number of amides is 1. The van der Waals surface area contributed by atoms with Gasteiger partial charge in [0, 0.05) is 25.2 Å². The maximum absolute atomic E-state index is 12.5. The van der Waals surface area contributed by atoms with Crippen LogP contribution in [0.3, 0.4) is 0 Å². The van der Waals surface area contributed by atoms with Crippen molar-refractivity contribution < 1.29 is 9.53 Å². The van der Waals surface area contributed by atoms with E-state index in [0.717, 1.165) is 32.5 Å². The fourth-order valence-electron chi connectivity index (χ4n) is 2.88. The summed E-state index contributed by atoms with van der Waals surface area (Å²) in [5.74, 6) is 1.36. The summed E-state index contributed by atoms with van der Waals surface area (Å²) in [6, 6.07) is 5.23. The van der Waals surface area contributed by atoms with Crippen LogP contribution in [0, 0.1) is 5.92 Å². The molecule has 0 saturated carbocycles. The molecule has 2 rings (SSSR count). The predicted octanol–water partition coefficient (Wildman–Crippen LogP) is 1.69. The Balaban J connectivity index is 1.97. The predicted molar refractivity (Wildman–Crippen MR) is 84.6 cm³/mol. The molecule has 1 aliphatic heterocycles. The van der Waals surface area contributed by atoms with Crippen molar-refractivity contribution in [1.29, 1.82) is 0 Å². The van der Waals surface area contributed by atoms with Crippen LogP contribution in [-0.4, -0.2) is 56.5 Å². The number of ether oxygens (including phenoxy) is 1.